The lowest BCUT2D eigenvalue weighted by molar-refractivity contribution is -0.143. The molecule has 15 nitrogen and oxygen atoms in total. The Morgan fingerprint density at radius 2 is 0.410 bits per heavy atom. The molecule has 0 aliphatic rings. The van der Waals surface area contributed by atoms with Crippen molar-refractivity contribution in [2.24, 2.45) is 0 Å². The second kappa shape index (κ2) is 32.7. The minimum Gasteiger partial charge on any atom is -0.480 e. The summed E-state index contributed by atoms with van der Waals surface area (Å²) in [4.78, 5) is 20.5. The summed E-state index contributed by atoms with van der Waals surface area (Å²) in [7, 11) is 0. The first-order chi connectivity index (χ1) is 19.1. The molecule has 0 aromatic rings. The molecule has 232 valence electrons. The van der Waals surface area contributed by atoms with Crippen LogP contribution in [0.1, 0.15) is 0 Å². The fourth-order valence-corrected chi connectivity index (χ4v) is 2.42. The first kappa shape index (κ1) is 37.5. The first-order valence-electron chi connectivity index (χ1n) is 12.9. The monoisotopic (exact) mass is 574 g/mol. The van der Waals surface area contributed by atoms with Gasteiger partial charge in [-0.1, -0.05) is 0 Å². The number of carboxylic acid groups (broad SMARTS) is 2. The quantitative estimate of drug-likeness (QED) is 0.0925. The lowest BCUT2D eigenvalue weighted by Gasteiger charge is -2.09. The highest BCUT2D eigenvalue weighted by Crippen LogP contribution is 1.87. The van der Waals surface area contributed by atoms with E-state index in [4.69, 9.17) is 62.3 Å². The number of hydrogen-bond donors (Lipinski definition) is 2. The normalized spacial score (nSPS) is 11.3. The molecule has 0 fully saturated rings. The van der Waals surface area contributed by atoms with E-state index in [9.17, 15) is 9.59 Å². The van der Waals surface area contributed by atoms with E-state index >= 15 is 0 Å². The van der Waals surface area contributed by atoms with Crippen LogP contribution in [-0.2, 0) is 61.7 Å². The highest BCUT2D eigenvalue weighted by atomic mass is 16.6. The molecule has 0 atom stereocenters. The van der Waals surface area contributed by atoms with E-state index in [0.29, 0.717) is 119 Å². The Morgan fingerprint density at radius 3 is 0.538 bits per heavy atom. The standard InChI is InChI=1S/C24H46O15/c25-23(26)21-38-19-17-36-15-13-34-11-9-32-7-5-30-3-1-29-2-4-31-6-8-33-10-12-35-14-16-37-18-20-39-22-24(27)28/h1-22H2,(H,25,26)(H,27,28). The van der Waals surface area contributed by atoms with Crippen LogP contribution in [0.4, 0.5) is 0 Å². The molecule has 0 amide bonds. The first-order valence-corrected chi connectivity index (χ1v) is 12.9. The van der Waals surface area contributed by atoms with E-state index < -0.39 is 11.9 Å². The van der Waals surface area contributed by atoms with Gasteiger partial charge in [-0.05, 0) is 0 Å². The van der Waals surface area contributed by atoms with Gasteiger partial charge >= 0.3 is 11.9 Å². The molecule has 0 saturated carbocycles. The van der Waals surface area contributed by atoms with Crippen LogP contribution in [0, 0.1) is 0 Å². The van der Waals surface area contributed by atoms with Gasteiger partial charge in [-0.3, -0.25) is 0 Å². The Hall–Kier alpha value is -1.50. The summed E-state index contributed by atoms with van der Waals surface area (Å²) in [5.41, 5.74) is 0. The fourth-order valence-electron chi connectivity index (χ4n) is 2.42. The van der Waals surface area contributed by atoms with Crippen molar-refractivity contribution in [3.05, 3.63) is 0 Å². The van der Waals surface area contributed by atoms with Crippen LogP contribution < -0.4 is 0 Å². The van der Waals surface area contributed by atoms with Crippen LogP contribution in [0.5, 0.6) is 0 Å². The van der Waals surface area contributed by atoms with Gasteiger partial charge in [0.2, 0.25) is 0 Å². The molecule has 0 aromatic heterocycles. The van der Waals surface area contributed by atoms with Gasteiger partial charge in [0.05, 0.1) is 132 Å². The predicted molar refractivity (Wildman–Crippen MR) is 134 cm³/mol. The van der Waals surface area contributed by atoms with Gasteiger partial charge in [-0.25, -0.2) is 9.59 Å². The fraction of sp³-hybridized carbons (Fsp3) is 0.917. The summed E-state index contributed by atoms with van der Waals surface area (Å²) in [6, 6.07) is 0. The van der Waals surface area contributed by atoms with Gasteiger partial charge in [0.25, 0.3) is 0 Å². The zero-order chi connectivity index (χ0) is 28.5. The highest BCUT2D eigenvalue weighted by Gasteiger charge is 1.98. The van der Waals surface area contributed by atoms with Gasteiger partial charge in [0.15, 0.2) is 0 Å². The summed E-state index contributed by atoms with van der Waals surface area (Å²) in [5.74, 6) is -2.00. The third kappa shape index (κ3) is 36.5. The second-order valence-electron chi connectivity index (χ2n) is 7.40. The highest BCUT2D eigenvalue weighted by molar-refractivity contribution is 5.68. The molecule has 0 rings (SSSR count). The van der Waals surface area contributed by atoms with Crippen molar-refractivity contribution in [1.29, 1.82) is 0 Å². The van der Waals surface area contributed by atoms with Crippen LogP contribution in [-0.4, -0.2) is 168 Å². The van der Waals surface area contributed by atoms with Gasteiger partial charge < -0.3 is 62.3 Å². The summed E-state index contributed by atoms with van der Waals surface area (Å²) < 4.78 is 57.8. The Labute approximate surface area is 229 Å². The van der Waals surface area contributed by atoms with Gasteiger partial charge in [-0.2, -0.15) is 0 Å². The summed E-state index contributed by atoms with van der Waals surface area (Å²) >= 11 is 0. The topological polar surface area (TPSA) is 176 Å². The Bertz CT molecular complexity index is 480. The van der Waals surface area contributed by atoms with Crippen LogP contribution in [0.3, 0.4) is 0 Å². The molecule has 0 saturated heterocycles. The molecule has 0 aliphatic carbocycles. The molecular weight excluding hydrogens is 528 g/mol. The van der Waals surface area contributed by atoms with E-state index in [1.165, 1.54) is 0 Å². The summed E-state index contributed by atoms with van der Waals surface area (Å²) in [6.07, 6.45) is 0. The average molecular weight is 575 g/mol. The maximum Gasteiger partial charge on any atom is 0.329 e. The molecule has 0 aromatic carbocycles. The molecular formula is C24H46O15. The SMILES string of the molecule is O=C(O)COCCOCCOCCOCCOCCOCCOCCOCCOCCOCCOCC(=O)O. The molecule has 0 spiro atoms. The number of hydrogen-bond acceptors (Lipinski definition) is 13. The van der Waals surface area contributed by atoms with E-state index in [1.807, 2.05) is 0 Å². The largest absolute Gasteiger partial charge is 0.480 e. The van der Waals surface area contributed by atoms with Crippen molar-refractivity contribution in [3.63, 3.8) is 0 Å². The predicted octanol–water partition coefficient (Wildman–Crippen LogP) is -0.662. The van der Waals surface area contributed by atoms with Crippen molar-refractivity contribution in [3.8, 4) is 0 Å². The van der Waals surface area contributed by atoms with E-state index in [-0.39, 0.29) is 26.4 Å². The van der Waals surface area contributed by atoms with Crippen molar-refractivity contribution >= 4 is 11.9 Å². The summed E-state index contributed by atoms with van der Waals surface area (Å²) in [5, 5.41) is 16.8. The third-order valence-corrected chi connectivity index (χ3v) is 4.17. The Balaban J connectivity index is 3.04. The van der Waals surface area contributed by atoms with Crippen LogP contribution in [0.2, 0.25) is 0 Å². The lowest BCUT2D eigenvalue weighted by atomic mass is 10.6. The van der Waals surface area contributed by atoms with E-state index in [0.717, 1.165) is 0 Å². The average Bonchev–Trinajstić information content (AvgIpc) is 2.91. The maximum atomic E-state index is 10.2. The maximum absolute atomic E-state index is 10.2. The minimum absolute atomic E-state index is 0.236. The smallest absolute Gasteiger partial charge is 0.329 e. The van der Waals surface area contributed by atoms with Crippen LogP contribution >= 0.6 is 0 Å². The van der Waals surface area contributed by atoms with Gasteiger partial charge in [0, 0.05) is 0 Å². The Morgan fingerprint density at radius 1 is 0.282 bits per heavy atom. The zero-order valence-corrected chi connectivity index (χ0v) is 22.8. The molecule has 2 N–H and O–H groups in total. The minimum atomic E-state index is -1.00. The molecule has 0 heterocycles. The number of rotatable bonds is 34. The molecule has 0 radical (unpaired) electrons. The van der Waals surface area contributed by atoms with Gasteiger partial charge in [-0.15, -0.1) is 0 Å². The van der Waals surface area contributed by atoms with Crippen molar-refractivity contribution in [2.45, 2.75) is 0 Å². The molecule has 15 heteroatoms. The summed E-state index contributed by atoms with van der Waals surface area (Å²) in [6.45, 7) is 7.72. The molecule has 0 unspecified atom stereocenters. The number of carboxylic acids is 2. The molecule has 0 aliphatic heterocycles. The van der Waals surface area contributed by atoms with E-state index in [1.54, 1.807) is 0 Å². The van der Waals surface area contributed by atoms with E-state index in [2.05, 4.69) is 0 Å². The van der Waals surface area contributed by atoms with Crippen molar-refractivity contribution < 1.29 is 71.9 Å². The number of ether oxygens (including phenoxy) is 11. The zero-order valence-electron chi connectivity index (χ0n) is 22.8. The van der Waals surface area contributed by atoms with Crippen LogP contribution in [0.25, 0.3) is 0 Å². The van der Waals surface area contributed by atoms with Crippen molar-refractivity contribution in [2.75, 3.05) is 145 Å². The lowest BCUT2D eigenvalue weighted by Crippen LogP contribution is -2.16. The van der Waals surface area contributed by atoms with Crippen LogP contribution in [0.15, 0.2) is 0 Å². The third-order valence-electron chi connectivity index (χ3n) is 4.17. The number of carbonyl (C=O) groups is 2. The van der Waals surface area contributed by atoms with Crippen molar-refractivity contribution in [1.82, 2.24) is 0 Å². The molecule has 39 heavy (non-hydrogen) atoms. The van der Waals surface area contributed by atoms with Gasteiger partial charge in [0.1, 0.15) is 13.2 Å². The second-order valence-corrected chi connectivity index (χ2v) is 7.40. The Kier molecular flexibility index (Phi) is 31.5. The number of aliphatic carboxylic acids is 2. The molecule has 0 bridgehead atoms.